The summed E-state index contributed by atoms with van der Waals surface area (Å²) in [5.41, 5.74) is -0.297. The average molecular weight is 338 g/mol. The zero-order valence-electron chi connectivity index (χ0n) is 14.5. The summed E-state index contributed by atoms with van der Waals surface area (Å²) in [5, 5.41) is 17.7. The largest absolute Gasteiger partial charge is 0.492 e. The van der Waals surface area contributed by atoms with Gasteiger partial charge < -0.3 is 19.7 Å². The molecule has 0 unspecified atom stereocenters. The maximum atomic E-state index is 10.8. The van der Waals surface area contributed by atoms with Crippen molar-refractivity contribution in [1.82, 2.24) is 0 Å². The quantitative estimate of drug-likeness (QED) is 0.516. The Hall–Kier alpha value is -2.50. The van der Waals surface area contributed by atoms with Gasteiger partial charge in [-0.05, 0) is 25.0 Å². The summed E-state index contributed by atoms with van der Waals surface area (Å²) in [4.78, 5) is 21.7. The molecule has 0 aliphatic rings. The predicted octanol–water partition coefficient (Wildman–Crippen LogP) is 4.24. The highest BCUT2D eigenvalue weighted by atomic mass is 16.5. The molecule has 0 radical (unpaired) electrons. The number of carboxylic acids is 2. The van der Waals surface area contributed by atoms with E-state index >= 15 is 0 Å². The summed E-state index contributed by atoms with van der Waals surface area (Å²) in [6, 6.07) is 2.32. The molecular formula is C18H26O6. The SMILES string of the molecule is C=CCCCCCC.COc1c(C(=O)O)ccc(C(=O)O)c1OC. The number of carboxylic acid groups (broad SMARTS) is 2. The molecule has 6 nitrogen and oxygen atoms in total. The molecule has 0 atom stereocenters. The van der Waals surface area contributed by atoms with E-state index in [1.807, 2.05) is 6.08 Å². The molecule has 134 valence electrons. The van der Waals surface area contributed by atoms with E-state index < -0.39 is 11.9 Å². The summed E-state index contributed by atoms with van der Waals surface area (Å²) in [6.45, 7) is 5.89. The highest BCUT2D eigenvalue weighted by Gasteiger charge is 2.22. The van der Waals surface area contributed by atoms with E-state index in [0.29, 0.717) is 0 Å². The lowest BCUT2D eigenvalue weighted by atomic mass is 10.1. The molecule has 2 N–H and O–H groups in total. The Balaban J connectivity index is 0.000000561. The summed E-state index contributed by atoms with van der Waals surface area (Å²) >= 11 is 0. The molecule has 0 aromatic heterocycles. The number of carbonyl (C=O) groups is 2. The van der Waals surface area contributed by atoms with Crippen LogP contribution in [0.5, 0.6) is 11.5 Å². The van der Waals surface area contributed by atoms with Crippen molar-refractivity contribution in [2.75, 3.05) is 14.2 Å². The zero-order valence-corrected chi connectivity index (χ0v) is 14.5. The van der Waals surface area contributed by atoms with Gasteiger partial charge in [-0.3, -0.25) is 0 Å². The van der Waals surface area contributed by atoms with Crippen molar-refractivity contribution in [2.45, 2.75) is 39.0 Å². The standard InChI is InChI=1S/C10H10O6.C8H16/c1-15-7-5(9(11)12)3-4-6(10(13)14)8(7)16-2;1-3-5-7-8-6-4-2/h3-4H,1-2H3,(H,11,12)(H,13,14);3H,1,4-8H2,2H3. The fraction of sp³-hybridized carbons (Fsp3) is 0.444. The van der Waals surface area contributed by atoms with Gasteiger partial charge in [0.25, 0.3) is 0 Å². The van der Waals surface area contributed by atoms with E-state index in [9.17, 15) is 9.59 Å². The molecule has 24 heavy (non-hydrogen) atoms. The second-order valence-corrected chi connectivity index (χ2v) is 4.98. The molecule has 1 aromatic rings. The Kier molecular flexibility index (Phi) is 10.7. The second kappa shape index (κ2) is 12.0. The van der Waals surface area contributed by atoms with Crippen LogP contribution in [0.25, 0.3) is 0 Å². The van der Waals surface area contributed by atoms with Gasteiger partial charge in [-0.2, -0.15) is 0 Å². The van der Waals surface area contributed by atoms with Crippen LogP contribution < -0.4 is 9.47 Å². The van der Waals surface area contributed by atoms with Gasteiger partial charge in [-0.15, -0.1) is 6.58 Å². The first kappa shape index (κ1) is 21.5. The second-order valence-electron chi connectivity index (χ2n) is 4.98. The monoisotopic (exact) mass is 338 g/mol. The topological polar surface area (TPSA) is 93.1 Å². The maximum Gasteiger partial charge on any atom is 0.339 e. The number of hydrogen-bond donors (Lipinski definition) is 2. The molecule has 0 saturated heterocycles. The maximum absolute atomic E-state index is 10.8. The van der Waals surface area contributed by atoms with Crippen LogP contribution in [0.15, 0.2) is 24.8 Å². The van der Waals surface area contributed by atoms with Crippen molar-refractivity contribution < 1.29 is 29.3 Å². The molecule has 0 spiro atoms. The first-order valence-electron chi connectivity index (χ1n) is 7.76. The summed E-state index contributed by atoms with van der Waals surface area (Å²) in [5.74, 6) is -2.64. The number of unbranched alkanes of at least 4 members (excludes halogenated alkanes) is 4. The van der Waals surface area contributed by atoms with Crippen LogP contribution in [-0.4, -0.2) is 36.4 Å². The summed E-state index contributed by atoms with van der Waals surface area (Å²) < 4.78 is 9.70. The highest BCUT2D eigenvalue weighted by molar-refractivity contribution is 5.98. The number of methoxy groups -OCH3 is 2. The van der Waals surface area contributed by atoms with Gasteiger partial charge in [0, 0.05) is 0 Å². The molecule has 0 saturated carbocycles. The van der Waals surface area contributed by atoms with Crippen molar-refractivity contribution in [3.8, 4) is 11.5 Å². The third kappa shape index (κ3) is 6.73. The Morgan fingerprint density at radius 2 is 1.46 bits per heavy atom. The van der Waals surface area contributed by atoms with Gasteiger partial charge in [0.1, 0.15) is 11.1 Å². The average Bonchev–Trinajstić information content (AvgIpc) is 2.57. The van der Waals surface area contributed by atoms with Crippen molar-refractivity contribution in [1.29, 1.82) is 0 Å². The molecular weight excluding hydrogens is 312 g/mol. The van der Waals surface area contributed by atoms with E-state index in [1.165, 1.54) is 46.3 Å². The third-order valence-electron chi connectivity index (χ3n) is 3.24. The van der Waals surface area contributed by atoms with Gasteiger partial charge in [0.2, 0.25) is 0 Å². The minimum absolute atomic E-state index is 0.102. The molecule has 0 aliphatic carbocycles. The molecule has 0 aliphatic heterocycles. The summed E-state index contributed by atoms with van der Waals surface area (Å²) in [7, 11) is 2.49. The number of allylic oxidation sites excluding steroid dienone is 1. The predicted molar refractivity (Wildman–Crippen MR) is 92.4 cm³/mol. The third-order valence-corrected chi connectivity index (χ3v) is 3.24. The number of hydrogen-bond acceptors (Lipinski definition) is 4. The lowest BCUT2D eigenvalue weighted by Crippen LogP contribution is -2.07. The van der Waals surface area contributed by atoms with E-state index in [1.54, 1.807) is 0 Å². The van der Waals surface area contributed by atoms with Gasteiger partial charge in [0.15, 0.2) is 11.5 Å². The smallest absolute Gasteiger partial charge is 0.339 e. The molecule has 0 bridgehead atoms. The van der Waals surface area contributed by atoms with Gasteiger partial charge in [-0.1, -0.05) is 32.3 Å². The summed E-state index contributed by atoms with van der Waals surface area (Å²) in [6.07, 6.45) is 8.61. The number of rotatable bonds is 9. The first-order valence-corrected chi connectivity index (χ1v) is 7.76. The van der Waals surface area contributed by atoms with Gasteiger partial charge >= 0.3 is 11.9 Å². The van der Waals surface area contributed by atoms with Crippen molar-refractivity contribution in [3.63, 3.8) is 0 Å². The number of benzene rings is 1. The Morgan fingerprint density at radius 1 is 1.00 bits per heavy atom. The molecule has 0 amide bonds. The molecule has 1 rings (SSSR count). The first-order chi connectivity index (χ1) is 11.4. The molecule has 1 aromatic carbocycles. The van der Waals surface area contributed by atoms with E-state index in [2.05, 4.69) is 13.5 Å². The fourth-order valence-corrected chi connectivity index (χ4v) is 2.02. The Bertz CT molecular complexity index is 510. The van der Waals surface area contributed by atoms with Crippen molar-refractivity contribution >= 4 is 11.9 Å². The molecule has 6 heteroatoms. The van der Waals surface area contributed by atoms with E-state index in [4.69, 9.17) is 19.7 Å². The number of aromatic carboxylic acids is 2. The van der Waals surface area contributed by atoms with Crippen LogP contribution in [0, 0.1) is 0 Å². The van der Waals surface area contributed by atoms with Crippen LogP contribution in [0.2, 0.25) is 0 Å². The van der Waals surface area contributed by atoms with Crippen LogP contribution in [0.1, 0.15) is 59.7 Å². The number of ether oxygens (including phenoxy) is 2. The minimum atomic E-state index is -1.22. The zero-order chi connectivity index (χ0) is 18.5. The molecule has 0 heterocycles. The van der Waals surface area contributed by atoms with Gasteiger partial charge in [0.05, 0.1) is 14.2 Å². The van der Waals surface area contributed by atoms with Crippen LogP contribution in [0.4, 0.5) is 0 Å². The van der Waals surface area contributed by atoms with Crippen LogP contribution in [-0.2, 0) is 0 Å². The normalized spacial score (nSPS) is 9.46. The Morgan fingerprint density at radius 3 is 1.75 bits per heavy atom. The van der Waals surface area contributed by atoms with E-state index in [-0.39, 0.29) is 22.6 Å². The van der Waals surface area contributed by atoms with Gasteiger partial charge in [-0.25, -0.2) is 9.59 Å². The lowest BCUT2D eigenvalue weighted by molar-refractivity contribution is 0.0674. The fourth-order valence-electron chi connectivity index (χ4n) is 2.02. The van der Waals surface area contributed by atoms with E-state index in [0.717, 1.165) is 12.1 Å². The van der Waals surface area contributed by atoms with Crippen molar-refractivity contribution in [3.05, 3.63) is 35.9 Å². The van der Waals surface area contributed by atoms with Crippen LogP contribution in [0.3, 0.4) is 0 Å². The molecule has 0 fully saturated rings. The minimum Gasteiger partial charge on any atom is -0.492 e. The Labute approximate surface area is 142 Å². The lowest BCUT2D eigenvalue weighted by Gasteiger charge is -2.12. The highest BCUT2D eigenvalue weighted by Crippen LogP contribution is 2.34. The van der Waals surface area contributed by atoms with Crippen LogP contribution >= 0.6 is 0 Å². The van der Waals surface area contributed by atoms with Crippen molar-refractivity contribution in [2.24, 2.45) is 0 Å².